The van der Waals surface area contributed by atoms with Crippen LogP contribution in [-0.4, -0.2) is 5.11 Å². The summed E-state index contributed by atoms with van der Waals surface area (Å²) in [4.78, 5) is 2.16. The maximum absolute atomic E-state index is 9.84. The van der Waals surface area contributed by atoms with Crippen molar-refractivity contribution in [2.45, 2.75) is 13.0 Å². The molecule has 0 aromatic carbocycles. The van der Waals surface area contributed by atoms with E-state index in [4.69, 9.17) is 4.42 Å². The molecule has 2 nitrogen and oxygen atoms in total. The first-order valence-electron chi connectivity index (χ1n) is 4.04. The fourth-order valence-electron chi connectivity index (χ4n) is 1.20. The minimum Gasteiger partial charge on any atom is -0.472 e. The summed E-state index contributed by atoms with van der Waals surface area (Å²) in [6.45, 7) is 2.02. The maximum atomic E-state index is 9.84. The summed E-state index contributed by atoms with van der Waals surface area (Å²) >= 11 is 1.60. The van der Waals surface area contributed by atoms with Gasteiger partial charge in [-0.1, -0.05) is 0 Å². The van der Waals surface area contributed by atoms with E-state index in [1.54, 1.807) is 29.9 Å². The lowest BCUT2D eigenvalue weighted by atomic mass is 10.2. The predicted molar refractivity (Wildman–Crippen MR) is 51.8 cm³/mol. The zero-order valence-electron chi connectivity index (χ0n) is 7.23. The maximum Gasteiger partial charge on any atom is 0.116 e. The van der Waals surface area contributed by atoms with E-state index in [-0.39, 0.29) is 0 Å². The molecule has 2 aromatic heterocycles. The molecule has 1 N–H and O–H groups in total. The first-order valence-corrected chi connectivity index (χ1v) is 4.85. The number of furan rings is 1. The van der Waals surface area contributed by atoms with Crippen LogP contribution in [0.1, 0.15) is 21.4 Å². The predicted octanol–water partition coefficient (Wildman–Crippen LogP) is 2.73. The minimum absolute atomic E-state index is 0.544. The third-order valence-corrected chi connectivity index (χ3v) is 2.94. The van der Waals surface area contributed by atoms with E-state index in [0.29, 0.717) is 0 Å². The highest BCUT2D eigenvalue weighted by Crippen LogP contribution is 2.27. The molecule has 0 radical (unpaired) electrons. The first kappa shape index (κ1) is 8.53. The molecular weight excluding hydrogens is 184 g/mol. The summed E-state index contributed by atoms with van der Waals surface area (Å²) < 4.78 is 4.91. The molecule has 68 valence electrons. The van der Waals surface area contributed by atoms with E-state index in [9.17, 15) is 5.11 Å². The van der Waals surface area contributed by atoms with Gasteiger partial charge in [-0.2, -0.15) is 0 Å². The Morgan fingerprint density at radius 3 is 2.77 bits per heavy atom. The molecule has 0 aliphatic heterocycles. The standard InChI is InChI=1S/C10H10O2S/c1-7-2-3-9(13-7)10(11)8-4-5-12-6-8/h2-6,10-11H,1H3/t10-/m1/s1. The Hall–Kier alpha value is -1.06. The van der Waals surface area contributed by atoms with Crippen molar-refractivity contribution in [2.75, 3.05) is 0 Å². The Balaban J connectivity index is 2.28. The largest absolute Gasteiger partial charge is 0.472 e. The molecule has 0 spiro atoms. The summed E-state index contributed by atoms with van der Waals surface area (Å²) in [6, 6.07) is 5.72. The summed E-state index contributed by atoms with van der Waals surface area (Å²) in [5.74, 6) is 0. The molecule has 2 heterocycles. The van der Waals surface area contributed by atoms with Crippen LogP contribution in [-0.2, 0) is 0 Å². The SMILES string of the molecule is Cc1ccc([C@H](O)c2ccoc2)s1. The van der Waals surface area contributed by atoms with Gasteiger partial charge in [0, 0.05) is 15.3 Å². The Morgan fingerprint density at radius 2 is 2.23 bits per heavy atom. The van der Waals surface area contributed by atoms with E-state index in [1.165, 1.54) is 4.88 Å². The summed E-state index contributed by atoms with van der Waals surface area (Å²) in [6.07, 6.45) is 2.59. The summed E-state index contributed by atoms with van der Waals surface area (Å²) in [7, 11) is 0. The van der Waals surface area contributed by atoms with Gasteiger partial charge in [0.1, 0.15) is 6.10 Å². The Labute approximate surface area is 80.4 Å². The van der Waals surface area contributed by atoms with Crippen molar-refractivity contribution >= 4 is 11.3 Å². The van der Waals surface area contributed by atoms with Crippen molar-refractivity contribution in [3.63, 3.8) is 0 Å². The van der Waals surface area contributed by atoms with E-state index in [2.05, 4.69) is 0 Å². The van der Waals surface area contributed by atoms with Gasteiger partial charge in [0.15, 0.2) is 0 Å². The average Bonchev–Trinajstić information content (AvgIpc) is 2.72. The zero-order chi connectivity index (χ0) is 9.26. The van der Waals surface area contributed by atoms with Gasteiger partial charge < -0.3 is 9.52 Å². The van der Waals surface area contributed by atoms with Crippen LogP contribution < -0.4 is 0 Å². The highest BCUT2D eigenvalue weighted by Gasteiger charge is 2.12. The molecule has 13 heavy (non-hydrogen) atoms. The third-order valence-electron chi connectivity index (χ3n) is 1.89. The molecule has 0 saturated carbocycles. The normalized spacial score (nSPS) is 13.1. The number of aliphatic hydroxyl groups is 1. The van der Waals surface area contributed by atoms with E-state index in [0.717, 1.165) is 10.4 Å². The highest BCUT2D eigenvalue weighted by atomic mass is 32.1. The smallest absolute Gasteiger partial charge is 0.116 e. The van der Waals surface area contributed by atoms with E-state index >= 15 is 0 Å². The van der Waals surface area contributed by atoms with Crippen molar-refractivity contribution in [3.05, 3.63) is 46.0 Å². The quantitative estimate of drug-likeness (QED) is 0.797. The number of rotatable bonds is 2. The molecule has 2 rings (SSSR count). The number of aliphatic hydroxyl groups excluding tert-OH is 1. The van der Waals surface area contributed by atoms with Crippen LogP contribution in [0.3, 0.4) is 0 Å². The van der Waals surface area contributed by atoms with Crippen molar-refractivity contribution < 1.29 is 9.52 Å². The van der Waals surface area contributed by atoms with Crippen LogP contribution in [0.25, 0.3) is 0 Å². The monoisotopic (exact) mass is 194 g/mol. The summed E-state index contributed by atoms with van der Waals surface area (Å²) in [5, 5.41) is 9.84. The third kappa shape index (κ3) is 1.66. The van der Waals surface area contributed by atoms with Crippen LogP contribution in [0.5, 0.6) is 0 Å². The first-order chi connectivity index (χ1) is 6.27. The van der Waals surface area contributed by atoms with Gasteiger partial charge in [0.2, 0.25) is 0 Å². The van der Waals surface area contributed by atoms with Gasteiger partial charge in [-0.25, -0.2) is 0 Å². The number of hydrogen-bond acceptors (Lipinski definition) is 3. The molecule has 0 fully saturated rings. The fourth-order valence-corrected chi connectivity index (χ4v) is 2.09. The number of hydrogen-bond donors (Lipinski definition) is 1. The molecular formula is C10H10O2S. The fraction of sp³-hybridized carbons (Fsp3) is 0.200. The minimum atomic E-state index is -0.544. The topological polar surface area (TPSA) is 33.4 Å². The van der Waals surface area contributed by atoms with Crippen molar-refractivity contribution in [1.82, 2.24) is 0 Å². The number of thiophene rings is 1. The lowest BCUT2D eigenvalue weighted by molar-refractivity contribution is 0.223. The molecule has 0 unspecified atom stereocenters. The van der Waals surface area contributed by atoms with Gasteiger partial charge in [-0.15, -0.1) is 11.3 Å². The van der Waals surface area contributed by atoms with Crippen LogP contribution >= 0.6 is 11.3 Å². The van der Waals surface area contributed by atoms with Crippen LogP contribution in [0, 0.1) is 6.92 Å². The molecule has 0 aliphatic carbocycles. The lowest BCUT2D eigenvalue weighted by Crippen LogP contribution is -1.93. The van der Waals surface area contributed by atoms with E-state index in [1.807, 2.05) is 19.1 Å². The Bertz CT molecular complexity index is 375. The second-order valence-corrected chi connectivity index (χ2v) is 4.23. The van der Waals surface area contributed by atoms with Crippen molar-refractivity contribution in [3.8, 4) is 0 Å². The Morgan fingerprint density at radius 1 is 1.38 bits per heavy atom. The van der Waals surface area contributed by atoms with Crippen molar-refractivity contribution in [2.24, 2.45) is 0 Å². The highest BCUT2D eigenvalue weighted by molar-refractivity contribution is 7.12. The second kappa shape index (κ2) is 3.36. The lowest BCUT2D eigenvalue weighted by Gasteiger charge is -2.03. The second-order valence-electron chi connectivity index (χ2n) is 2.91. The molecule has 0 aliphatic rings. The van der Waals surface area contributed by atoms with E-state index < -0.39 is 6.10 Å². The van der Waals surface area contributed by atoms with Gasteiger partial charge >= 0.3 is 0 Å². The summed E-state index contributed by atoms with van der Waals surface area (Å²) in [5.41, 5.74) is 0.807. The van der Waals surface area contributed by atoms with Crippen LogP contribution in [0.4, 0.5) is 0 Å². The van der Waals surface area contributed by atoms with Gasteiger partial charge in [0.25, 0.3) is 0 Å². The van der Waals surface area contributed by atoms with Crippen molar-refractivity contribution in [1.29, 1.82) is 0 Å². The van der Waals surface area contributed by atoms with Gasteiger partial charge in [-0.3, -0.25) is 0 Å². The Kier molecular flexibility index (Phi) is 2.20. The number of aryl methyl sites for hydroxylation is 1. The molecule has 0 saturated heterocycles. The average molecular weight is 194 g/mol. The molecule has 1 atom stereocenters. The molecule has 2 aromatic rings. The van der Waals surface area contributed by atoms with Crippen LogP contribution in [0.15, 0.2) is 35.1 Å². The molecule has 0 bridgehead atoms. The van der Waals surface area contributed by atoms with Gasteiger partial charge in [-0.05, 0) is 25.1 Å². The molecule has 3 heteroatoms. The zero-order valence-corrected chi connectivity index (χ0v) is 8.04. The molecule has 0 amide bonds. The van der Waals surface area contributed by atoms with Crippen LogP contribution in [0.2, 0.25) is 0 Å². The van der Waals surface area contributed by atoms with Gasteiger partial charge in [0.05, 0.1) is 12.5 Å².